The Kier molecular flexibility index (Phi) is 10.9. The van der Waals surface area contributed by atoms with Gasteiger partial charge in [-0.1, -0.05) is 26.0 Å². The van der Waals surface area contributed by atoms with Gasteiger partial charge in [-0.25, -0.2) is 4.79 Å². The molecule has 0 saturated carbocycles. The molecule has 0 spiro atoms. The van der Waals surface area contributed by atoms with Gasteiger partial charge < -0.3 is 25.8 Å². The van der Waals surface area contributed by atoms with Crippen LogP contribution < -0.4 is 16.0 Å². The zero-order valence-electron chi connectivity index (χ0n) is 19.0. The summed E-state index contributed by atoms with van der Waals surface area (Å²) in [6.45, 7) is 8.79. The second-order valence-electron chi connectivity index (χ2n) is 9.15. The van der Waals surface area contributed by atoms with Gasteiger partial charge in [0.25, 0.3) is 0 Å². The van der Waals surface area contributed by atoms with Crippen molar-refractivity contribution < 1.29 is 24.2 Å². The van der Waals surface area contributed by atoms with E-state index >= 15 is 0 Å². The molecule has 1 aliphatic heterocycles. The van der Waals surface area contributed by atoms with Crippen LogP contribution in [0.15, 0.2) is 12.2 Å². The van der Waals surface area contributed by atoms with Crippen molar-refractivity contribution in [3.05, 3.63) is 12.2 Å². The molecule has 30 heavy (non-hydrogen) atoms. The molecule has 0 saturated heterocycles. The van der Waals surface area contributed by atoms with E-state index < -0.39 is 29.7 Å². The van der Waals surface area contributed by atoms with E-state index in [1.165, 1.54) is 0 Å². The van der Waals surface area contributed by atoms with E-state index in [0.717, 1.165) is 19.3 Å². The van der Waals surface area contributed by atoms with Crippen molar-refractivity contribution in [3.8, 4) is 0 Å². The Bertz CT molecular complexity index is 598. The number of carbonyl (C=O) groups is 3. The van der Waals surface area contributed by atoms with Gasteiger partial charge in [0.05, 0.1) is 12.6 Å². The summed E-state index contributed by atoms with van der Waals surface area (Å²) in [4.78, 5) is 37.9. The summed E-state index contributed by atoms with van der Waals surface area (Å²) in [5.41, 5.74) is -0.678. The molecule has 0 aromatic carbocycles. The van der Waals surface area contributed by atoms with Crippen molar-refractivity contribution in [1.82, 2.24) is 16.0 Å². The molecule has 8 nitrogen and oxygen atoms in total. The van der Waals surface area contributed by atoms with Crippen LogP contribution in [0.4, 0.5) is 4.79 Å². The number of amides is 3. The highest BCUT2D eigenvalue weighted by Gasteiger charge is 2.30. The van der Waals surface area contributed by atoms with Crippen molar-refractivity contribution in [2.75, 3.05) is 6.61 Å². The molecule has 3 atom stereocenters. The number of hydrogen-bond donors (Lipinski definition) is 4. The fraction of sp³-hybridized carbons (Fsp3) is 0.773. The molecular formula is C22H39N3O5. The fourth-order valence-electron chi connectivity index (χ4n) is 3.17. The van der Waals surface area contributed by atoms with E-state index in [2.05, 4.69) is 28.1 Å². The lowest BCUT2D eigenvalue weighted by molar-refractivity contribution is -0.131. The highest BCUT2D eigenvalue weighted by Crippen LogP contribution is 2.11. The normalized spacial score (nSPS) is 26.0. The predicted octanol–water partition coefficient (Wildman–Crippen LogP) is 2.41. The Labute approximate surface area is 180 Å². The molecule has 0 aromatic rings. The predicted molar refractivity (Wildman–Crippen MR) is 116 cm³/mol. The Morgan fingerprint density at radius 1 is 1.13 bits per heavy atom. The van der Waals surface area contributed by atoms with Gasteiger partial charge in [0, 0.05) is 0 Å². The van der Waals surface area contributed by atoms with E-state index in [1.54, 1.807) is 20.8 Å². The van der Waals surface area contributed by atoms with Crippen molar-refractivity contribution >= 4 is 17.9 Å². The van der Waals surface area contributed by atoms with Gasteiger partial charge in [-0.3, -0.25) is 9.59 Å². The van der Waals surface area contributed by atoms with Gasteiger partial charge in [0.1, 0.15) is 17.7 Å². The topological polar surface area (TPSA) is 117 Å². The minimum Gasteiger partial charge on any atom is -0.444 e. The van der Waals surface area contributed by atoms with Crippen LogP contribution in [-0.4, -0.2) is 53.3 Å². The maximum atomic E-state index is 12.9. The van der Waals surface area contributed by atoms with Gasteiger partial charge >= 0.3 is 6.09 Å². The number of allylic oxidation sites excluding steroid dienone is 2. The average Bonchev–Trinajstić information content (AvgIpc) is 2.63. The summed E-state index contributed by atoms with van der Waals surface area (Å²) in [5, 5.41) is 17.8. The molecule has 8 heteroatoms. The molecule has 4 N–H and O–H groups in total. The molecule has 3 amide bonds. The number of carbonyl (C=O) groups excluding carboxylic acids is 3. The van der Waals surface area contributed by atoms with Crippen LogP contribution in [0.1, 0.15) is 73.1 Å². The Balaban J connectivity index is 2.99. The van der Waals surface area contributed by atoms with Crippen LogP contribution in [0.25, 0.3) is 0 Å². The number of aliphatic hydroxyl groups is 1. The van der Waals surface area contributed by atoms with E-state index in [9.17, 15) is 19.5 Å². The molecule has 0 radical (unpaired) electrons. The highest BCUT2D eigenvalue weighted by molar-refractivity contribution is 5.91. The van der Waals surface area contributed by atoms with Crippen LogP contribution in [0, 0.1) is 5.92 Å². The third-order valence-electron chi connectivity index (χ3n) is 4.77. The minimum absolute atomic E-state index is 0.156. The third kappa shape index (κ3) is 10.1. The second kappa shape index (κ2) is 12.6. The molecule has 0 unspecified atom stereocenters. The summed E-state index contributed by atoms with van der Waals surface area (Å²) in [6.07, 6.45) is 7.77. The molecular weight excluding hydrogens is 386 g/mol. The smallest absolute Gasteiger partial charge is 0.408 e. The van der Waals surface area contributed by atoms with Crippen molar-refractivity contribution in [1.29, 1.82) is 0 Å². The first-order valence-electron chi connectivity index (χ1n) is 10.9. The van der Waals surface area contributed by atoms with Crippen LogP contribution >= 0.6 is 0 Å². The number of aliphatic hydroxyl groups excluding tert-OH is 1. The SMILES string of the molecule is CC(C)[C@H]1NC(=O)[C@H](NC(=O)OC(C)(C)C)CCC/C=C\CCC[C@H](CO)NC1=O. The largest absolute Gasteiger partial charge is 0.444 e. The van der Waals surface area contributed by atoms with E-state index in [0.29, 0.717) is 19.3 Å². The van der Waals surface area contributed by atoms with Gasteiger partial charge in [-0.15, -0.1) is 0 Å². The minimum atomic E-state index is -0.805. The first-order chi connectivity index (χ1) is 14.0. The summed E-state index contributed by atoms with van der Waals surface area (Å²) >= 11 is 0. The lowest BCUT2D eigenvalue weighted by Gasteiger charge is -2.27. The monoisotopic (exact) mass is 425 g/mol. The fourth-order valence-corrected chi connectivity index (χ4v) is 3.17. The maximum absolute atomic E-state index is 12.9. The molecule has 172 valence electrons. The number of hydrogen-bond acceptors (Lipinski definition) is 5. The third-order valence-corrected chi connectivity index (χ3v) is 4.77. The summed E-state index contributed by atoms with van der Waals surface area (Å²) < 4.78 is 5.29. The highest BCUT2D eigenvalue weighted by atomic mass is 16.6. The molecule has 1 heterocycles. The second-order valence-corrected chi connectivity index (χ2v) is 9.15. The van der Waals surface area contributed by atoms with Crippen LogP contribution in [0.5, 0.6) is 0 Å². The molecule has 0 aliphatic carbocycles. The summed E-state index contributed by atoms with van der Waals surface area (Å²) in [5.74, 6) is -0.916. The van der Waals surface area contributed by atoms with E-state index in [-0.39, 0.29) is 24.5 Å². The number of alkyl carbamates (subject to hydrolysis) is 1. The number of rotatable bonds is 3. The lowest BCUT2D eigenvalue weighted by Crippen LogP contribution is -2.57. The first-order valence-corrected chi connectivity index (χ1v) is 10.9. The molecule has 1 rings (SSSR count). The Hall–Kier alpha value is -2.09. The standard InChI is InChI=1S/C22H39N3O5/c1-15(2)18-20(28)23-16(14-26)12-10-8-6-7-9-11-13-17(19(27)25-18)24-21(29)30-22(3,4)5/h6-7,15-18,26H,8-14H2,1-5H3,(H,23,28)(H,24,29)(H,25,27)/b7-6-/t16-,17-,18-/m1/s1. The lowest BCUT2D eigenvalue weighted by atomic mass is 10.0. The van der Waals surface area contributed by atoms with E-state index in [4.69, 9.17) is 4.74 Å². The Morgan fingerprint density at radius 2 is 1.73 bits per heavy atom. The van der Waals surface area contributed by atoms with Gasteiger partial charge in [0.15, 0.2) is 0 Å². The Morgan fingerprint density at radius 3 is 2.27 bits per heavy atom. The van der Waals surface area contributed by atoms with Gasteiger partial charge in [0.2, 0.25) is 11.8 Å². The summed E-state index contributed by atoms with van der Waals surface area (Å²) in [7, 11) is 0. The molecule has 1 aliphatic rings. The molecule has 0 fully saturated rings. The first kappa shape index (κ1) is 25.9. The van der Waals surface area contributed by atoms with Crippen LogP contribution in [0.2, 0.25) is 0 Å². The van der Waals surface area contributed by atoms with Crippen molar-refractivity contribution in [2.45, 2.75) is 96.9 Å². The van der Waals surface area contributed by atoms with Crippen LogP contribution in [0.3, 0.4) is 0 Å². The van der Waals surface area contributed by atoms with E-state index in [1.807, 2.05) is 13.8 Å². The molecule has 0 bridgehead atoms. The van der Waals surface area contributed by atoms with Crippen molar-refractivity contribution in [2.24, 2.45) is 5.92 Å². The number of ether oxygens (including phenoxy) is 1. The number of nitrogens with one attached hydrogen (secondary N) is 3. The molecule has 0 aromatic heterocycles. The summed E-state index contributed by atoms with van der Waals surface area (Å²) in [6, 6.07) is -1.93. The average molecular weight is 426 g/mol. The zero-order chi connectivity index (χ0) is 22.7. The maximum Gasteiger partial charge on any atom is 0.408 e. The quantitative estimate of drug-likeness (QED) is 0.518. The van der Waals surface area contributed by atoms with Gasteiger partial charge in [-0.2, -0.15) is 0 Å². The van der Waals surface area contributed by atoms with Crippen LogP contribution in [-0.2, 0) is 14.3 Å². The van der Waals surface area contributed by atoms with Gasteiger partial charge in [-0.05, 0) is 65.2 Å². The van der Waals surface area contributed by atoms with Crippen molar-refractivity contribution in [3.63, 3.8) is 0 Å². The zero-order valence-corrected chi connectivity index (χ0v) is 19.0.